The Bertz CT molecular complexity index is 828. The molecule has 2 aromatic rings. The smallest absolute Gasteiger partial charge is 0.223 e. The fourth-order valence-electron chi connectivity index (χ4n) is 4.11. The summed E-state index contributed by atoms with van der Waals surface area (Å²) in [5.41, 5.74) is 4.34. The predicted octanol–water partition coefficient (Wildman–Crippen LogP) is 1.83. The zero-order chi connectivity index (χ0) is 19.5. The molecule has 2 aliphatic heterocycles. The van der Waals surface area contributed by atoms with E-state index in [4.69, 9.17) is 9.72 Å². The van der Waals surface area contributed by atoms with Gasteiger partial charge in [0.2, 0.25) is 5.91 Å². The third-order valence-corrected chi connectivity index (χ3v) is 5.72. The number of aryl methyl sites for hydroxylation is 2. The highest BCUT2D eigenvalue weighted by Crippen LogP contribution is 2.30. The third-order valence-electron chi connectivity index (χ3n) is 5.72. The van der Waals surface area contributed by atoms with Crippen LogP contribution in [0.3, 0.4) is 0 Å². The first-order chi connectivity index (χ1) is 13.6. The molecule has 0 saturated carbocycles. The minimum absolute atomic E-state index is 0.258. The van der Waals surface area contributed by atoms with Crippen molar-refractivity contribution in [1.82, 2.24) is 24.6 Å². The minimum Gasteiger partial charge on any atom is -0.379 e. The predicted molar refractivity (Wildman–Crippen MR) is 107 cm³/mol. The topological polar surface area (TPSA) is 63.5 Å². The molecule has 7 heteroatoms. The molecule has 150 valence electrons. The summed E-state index contributed by atoms with van der Waals surface area (Å²) in [6, 6.07) is 4.26. The standard InChI is InChI=1S/C21H29N5O2/c1-16-11-18(19-13-22-24(2)14-19)12-20(23-16)17-3-6-26(15-17)21(27)4-5-25-7-9-28-10-8-25/h11-14,17H,3-10,15H2,1-2H3/t17-/m0/s1. The van der Waals surface area contributed by atoms with E-state index in [1.165, 1.54) is 0 Å². The third kappa shape index (κ3) is 4.42. The molecule has 7 nitrogen and oxygen atoms in total. The van der Waals surface area contributed by atoms with Crippen LogP contribution in [-0.2, 0) is 16.6 Å². The van der Waals surface area contributed by atoms with Gasteiger partial charge in [-0.25, -0.2) is 0 Å². The van der Waals surface area contributed by atoms with Gasteiger partial charge in [-0.3, -0.25) is 19.4 Å². The first kappa shape index (κ1) is 19.1. The highest BCUT2D eigenvalue weighted by molar-refractivity contribution is 5.76. The second kappa shape index (κ2) is 8.41. The molecule has 0 bridgehead atoms. The Hall–Kier alpha value is -2.25. The molecule has 2 aromatic heterocycles. The Kier molecular flexibility index (Phi) is 5.73. The van der Waals surface area contributed by atoms with E-state index in [0.29, 0.717) is 12.3 Å². The molecule has 0 radical (unpaired) electrons. The monoisotopic (exact) mass is 383 g/mol. The van der Waals surface area contributed by atoms with Crippen molar-refractivity contribution in [1.29, 1.82) is 0 Å². The van der Waals surface area contributed by atoms with Crippen LogP contribution in [0.4, 0.5) is 0 Å². The van der Waals surface area contributed by atoms with E-state index in [0.717, 1.165) is 74.9 Å². The Morgan fingerprint density at radius 3 is 2.79 bits per heavy atom. The molecule has 28 heavy (non-hydrogen) atoms. The number of hydrogen-bond acceptors (Lipinski definition) is 5. The van der Waals surface area contributed by atoms with Crippen LogP contribution in [0.15, 0.2) is 24.5 Å². The molecule has 0 N–H and O–H groups in total. The van der Waals surface area contributed by atoms with Crippen LogP contribution in [0.5, 0.6) is 0 Å². The Morgan fingerprint density at radius 2 is 2.04 bits per heavy atom. The van der Waals surface area contributed by atoms with Crippen LogP contribution in [0.1, 0.15) is 30.1 Å². The molecule has 2 fully saturated rings. The second-order valence-electron chi connectivity index (χ2n) is 7.85. The number of morpholine rings is 1. The lowest BCUT2D eigenvalue weighted by atomic mass is 10.00. The van der Waals surface area contributed by atoms with Crippen LogP contribution < -0.4 is 0 Å². The van der Waals surface area contributed by atoms with Crippen molar-refractivity contribution in [3.8, 4) is 11.1 Å². The number of aromatic nitrogens is 3. The molecule has 0 unspecified atom stereocenters. The summed E-state index contributed by atoms with van der Waals surface area (Å²) in [6.45, 7) is 7.87. The summed E-state index contributed by atoms with van der Waals surface area (Å²) >= 11 is 0. The lowest BCUT2D eigenvalue weighted by Gasteiger charge is -2.27. The highest BCUT2D eigenvalue weighted by atomic mass is 16.5. The van der Waals surface area contributed by atoms with Gasteiger partial charge in [-0.2, -0.15) is 5.10 Å². The van der Waals surface area contributed by atoms with Gasteiger partial charge in [0.05, 0.1) is 19.4 Å². The maximum absolute atomic E-state index is 12.7. The van der Waals surface area contributed by atoms with E-state index in [2.05, 4.69) is 22.1 Å². The molecule has 1 atom stereocenters. The quantitative estimate of drug-likeness (QED) is 0.788. The summed E-state index contributed by atoms with van der Waals surface area (Å²) in [5.74, 6) is 0.566. The van der Waals surface area contributed by atoms with Gasteiger partial charge in [0.25, 0.3) is 0 Å². The average molecular weight is 383 g/mol. The van der Waals surface area contributed by atoms with Crippen molar-refractivity contribution in [2.75, 3.05) is 45.9 Å². The average Bonchev–Trinajstić information content (AvgIpc) is 3.36. The zero-order valence-electron chi connectivity index (χ0n) is 16.8. The first-order valence-corrected chi connectivity index (χ1v) is 10.1. The van der Waals surface area contributed by atoms with Crippen molar-refractivity contribution in [3.63, 3.8) is 0 Å². The van der Waals surface area contributed by atoms with Crippen LogP contribution >= 0.6 is 0 Å². The van der Waals surface area contributed by atoms with Gasteiger partial charge < -0.3 is 9.64 Å². The molecular weight excluding hydrogens is 354 g/mol. The maximum Gasteiger partial charge on any atom is 0.223 e. The Balaban J connectivity index is 1.38. The number of amides is 1. The number of carbonyl (C=O) groups is 1. The fourth-order valence-corrected chi connectivity index (χ4v) is 4.11. The van der Waals surface area contributed by atoms with Crippen LogP contribution in [0.25, 0.3) is 11.1 Å². The van der Waals surface area contributed by atoms with E-state index in [-0.39, 0.29) is 5.91 Å². The Labute approximate surface area is 166 Å². The van der Waals surface area contributed by atoms with Gasteiger partial charge in [-0.15, -0.1) is 0 Å². The number of ether oxygens (including phenoxy) is 1. The SMILES string of the molecule is Cc1cc(-c2cnn(C)c2)cc([C@H]2CCN(C(=O)CCN3CCOCC3)C2)n1. The number of pyridine rings is 1. The van der Waals surface area contributed by atoms with Crippen LogP contribution in [0.2, 0.25) is 0 Å². The number of likely N-dealkylation sites (tertiary alicyclic amines) is 1. The summed E-state index contributed by atoms with van der Waals surface area (Å²) in [7, 11) is 1.93. The molecule has 1 amide bonds. The fraction of sp³-hybridized carbons (Fsp3) is 0.571. The lowest BCUT2D eigenvalue weighted by Crippen LogP contribution is -2.39. The molecule has 2 saturated heterocycles. The molecule has 4 heterocycles. The number of rotatable bonds is 5. The normalized spacial score (nSPS) is 20.6. The van der Waals surface area contributed by atoms with Gasteiger partial charge in [0.15, 0.2) is 0 Å². The van der Waals surface area contributed by atoms with E-state index in [1.807, 2.05) is 35.9 Å². The number of hydrogen-bond donors (Lipinski definition) is 0. The molecule has 2 aliphatic rings. The first-order valence-electron chi connectivity index (χ1n) is 10.1. The van der Waals surface area contributed by atoms with Gasteiger partial charge in [0.1, 0.15) is 0 Å². The maximum atomic E-state index is 12.7. The van der Waals surface area contributed by atoms with Crippen molar-refractivity contribution in [3.05, 3.63) is 35.9 Å². The van der Waals surface area contributed by atoms with E-state index in [1.54, 1.807) is 0 Å². The second-order valence-corrected chi connectivity index (χ2v) is 7.85. The highest BCUT2D eigenvalue weighted by Gasteiger charge is 2.28. The Morgan fingerprint density at radius 1 is 1.21 bits per heavy atom. The minimum atomic E-state index is 0.258. The molecule has 4 rings (SSSR count). The summed E-state index contributed by atoms with van der Waals surface area (Å²) in [6.07, 6.45) is 5.48. The summed E-state index contributed by atoms with van der Waals surface area (Å²) in [4.78, 5) is 21.8. The largest absolute Gasteiger partial charge is 0.379 e. The molecular formula is C21H29N5O2. The number of nitrogens with zero attached hydrogens (tertiary/aromatic N) is 5. The van der Waals surface area contributed by atoms with Gasteiger partial charge in [-0.1, -0.05) is 0 Å². The van der Waals surface area contributed by atoms with Gasteiger partial charge in [-0.05, 0) is 31.0 Å². The number of carbonyl (C=O) groups excluding carboxylic acids is 1. The van der Waals surface area contributed by atoms with Crippen molar-refractivity contribution in [2.45, 2.75) is 25.7 Å². The van der Waals surface area contributed by atoms with Crippen molar-refractivity contribution >= 4 is 5.91 Å². The van der Waals surface area contributed by atoms with E-state index >= 15 is 0 Å². The van der Waals surface area contributed by atoms with E-state index in [9.17, 15) is 4.79 Å². The van der Waals surface area contributed by atoms with Crippen LogP contribution in [0, 0.1) is 6.92 Å². The van der Waals surface area contributed by atoms with Crippen molar-refractivity contribution in [2.24, 2.45) is 7.05 Å². The molecule has 0 aromatic carbocycles. The van der Waals surface area contributed by atoms with E-state index < -0.39 is 0 Å². The van der Waals surface area contributed by atoms with Gasteiger partial charge >= 0.3 is 0 Å². The summed E-state index contributed by atoms with van der Waals surface area (Å²) in [5, 5.41) is 4.28. The lowest BCUT2D eigenvalue weighted by molar-refractivity contribution is -0.130. The van der Waals surface area contributed by atoms with Crippen molar-refractivity contribution < 1.29 is 9.53 Å². The molecule has 0 spiro atoms. The van der Waals surface area contributed by atoms with Gasteiger partial charge in [0, 0.05) is 75.3 Å². The zero-order valence-corrected chi connectivity index (χ0v) is 16.8. The summed E-state index contributed by atoms with van der Waals surface area (Å²) < 4.78 is 7.19. The molecule has 0 aliphatic carbocycles. The van der Waals surface area contributed by atoms with Crippen LogP contribution in [-0.4, -0.2) is 76.4 Å².